The largest absolute Gasteiger partial charge is 0.509 e. The number of aliphatic hydroxyl groups excluding tert-OH is 1. The Kier molecular flexibility index (Phi) is 4.10. The van der Waals surface area contributed by atoms with Crippen LogP contribution in [-0.2, 0) is 0 Å². The van der Waals surface area contributed by atoms with Gasteiger partial charge in [-0.05, 0) is 17.7 Å². The second-order valence-corrected chi connectivity index (χ2v) is 6.10. The molecule has 2 aromatic carbocycles. The molecule has 0 amide bonds. The van der Waals surface area contributed by atoms with E-state index in [1.54, 1.807) is 12.1 Å². The summed E-state index contributed by atoms with van der Waals surface area (Å²) in [5.74, 6) is -0.172. The van der Waals surface area contributed by atoms with Crippen LogP contribution in [0.5, 0.6) is 0 Å². The molecule has 1 unspecified atom stereocenters. The van der Waals surface area contributed by atoms with Crippen molar-refractivity contribution >= 4 is 38.7 Å². The third kappa shape index (κ3) is 2.69. The molecule has 0 bridgehead atoms. The average molecular weight is 327 g/mol. The lowest BCUT2D eigenvalue weighted by molar-refractivity contribution is 0.397. The number of nitrogens with zero attached hydrogens (tertiary/aromatic N) is 2. The van der Waals surface area contributed by atoms with Crippen LogP contribution in [0.3, 0.4) is 0 Å². The van der Waals surface area contributed by atoms with Gasteiger partial charge in [0.2, 0.25) is 0 Å². The van der Waals surface area contributed by atoms with Crippen LogP contribution in [0.25, 0.3) is 15.8 Å². The minimum absolute atomic E-state index is 0.116. The zero-order chi connectivity index (χ0) is 15.5. The van der Waals surface area contributed by atoms with Gasteiger partial charge in [-0.25, -0.2) is 4.98 Å². The number of halogens is 1. The predicted molar refractivity (Wildman–Crippen MR) is 89.8 cm³/mol. The maximum Gasteiger partial charge on any atom is 0.138 e. The molecule has 1 heterocycles. The van der Waals surface area contributed by atoms with Crippen LogP contribution in [0.2, 0.25) is 0 Å². The summed E-state index contributed by atoms with van der Waals surface area (Å²) in [7, 11) is 0. The first-order valence-corrected chi connectivity index (χ1v) is 7.84. The summed E-state index contributed by atoms with van der Waals surface area (Å²) < 4.78 is 0.962. The summed E-state index contributed by atoms with van der Waals surface area (Å²) in [5.41, 5.74) is 1.65. The maximum atomic E-state index is 10.4. The van der Waals surface area contributed by atoms with Crippen molar-refractivity contribution in [2.75, 3.05) is 0 Å². The standard InChI is InChI=1S/C17H11ClN2OS/c18-15(11-6-2-1-3-7-11)16(21)12(10-19)17-20-13-8-4-5-9-14(13)22-17/h1-9,15,21H. The van der Waals surface area contributed by atoms with Crippen molar-refractivity contribution in [2.24, 2.45) is 0 Å². The number of rotatable bonds is 3. The van der Waals surface area contributed by atoms with Crippen molar-refractivity contribution in [3.05, 3.63) is 70.9 Å². The lowest BCUT2D eigenvalue weighted by Crippen LogP contribution is -1.98. The van der Waals surface area contributed by atoms with Gasteiger partial charge in [0.05, 0.1) is 10.2 Å². The second-order valence-electron chi connectivity index (χ2n) is 4.63. The molecule has 1 aromatic heterocycles. The topological polar surface area (TPSA) is 56.9 Å². The van der Waals surface area contributed by atoms with Gasteiger partial charge in [-0.1, -0.05) is 42.5 Å². The fraction of sp³-hybridized carbons (Fsp3) is 0.0588. The van der Waals surface area contributed by atoms with Gasteiger partial charge < -0.3 is 5.11 Å². The van der Waals surface area contributed by atoms with Gasteiger partial charge in [-0.15, -0.1) is 22.9 Å². The van der Waals surface area contributed by atoms with E-state index in [2.05, 4.69) is 4.98 Å². The Bertz CT molecular complexity index is 847. The van der Waals surface area contributed by atoms with E-state index >= 15 is 0 Å². The van der Waals surface area contributed by atoms with Crippen molar-refractivity contribution in [3.63, 3.8) is 0 Å². The van der Waals surface area contributed by atoms with E-state index in [0.29, 0.717) is 5.01 Å². The Morgan fingerprint density at radius 1 is 1.14 bits per heavy atom. The number of nitriles is 1. The Labute approximate surface area is 136 Å². The number of aromatic nitrogens is 1. The number of hydrogen-bond acceptors (Lipinski definition) is 4. The molecule has 0 fully saturated rings. The van der Waals surface area contributed by atoms with Crippen LogP contribution < -0.4 is 0 Å². The van der Waals surface area contributed by atoms with Crippen molar-refractivity contribution in [2.45, 2.75) is 5.38 Å². The van der Waals surface area contributed by atoms with Gasteiger partial charge in [0.25, 0.3) is 0 Å². The highest BCUT2D eigenvalue weighted by Gasteiger charge is 2.21. The molecule has 0 radical (unpaired) electrons. The molecule has 1 atom stereocenters. The van der Waals surface area contributed by atoms with Crippen LogP contribution >= 0.6 is 22.9 Å². The minimum atomic E-state index is -0.775. The molecular formula is C17H11ClN2OS. The quantitative estimate of drug-likeness (QED) is 0.415. The highest BCUT2D eigenvalue weighted by atomic mass is 35.5. The molecule has 0 saturated heterocycles. The third-order valence-corrected chi connectivity index (χ3v) is 4.72. The van der Waals surface area contributed by atoms with Crippen molar-refractivity contribution in [1.82, 2.24) is 4.98 Å². The average Bonchev–Trinajstić information content (AvgIpc) is 2.99. The zero-order valence-corrected chi connectivity index (χ0v) is 13.0. The summed E-state index contributed by atoms with van der Waals surface area (Å²) in [6.45, 7) is 0. The van der Waals surface area contributed by atoms with E-state index in [1.165, 1.54) is 11.3 Å². The molecule has 0 aliphatic carbocycles. The van der Waals surface area contributed by atoms with Gasteiger partial charge in [0.15, 0.2) is 0 Å². The molecule has 0 saturated carbocycles. The molecule has 0 aliphatic heterocycles. The molecule has 5 heteroatoms. The molecule has 0 spiro atoms. The molecule has 22 heavy (non-hydrogen) atoms. The van der Waals surface area contributed by atoms with E-state index in [9.17, 15) is 10.4 Å². The number of aliphatic hydroxyl groups is 1. The lowest BCUT2D eigenvalue weighted by atomic mass is 10.1. The summed E-state index contributed by atoms with van der Waals surface area (Å²) in [5, 5.41) is 19.5. The zero-order valence-electron chi connectivity index (χ0n) is 11.4. The molecule has 3 rings (SSSR count). The van der Waals surface area contributed by atoms with E-state index in [4.69, 9.17) is 11.6 Å². The predicted octanol–water partition coefficient (Wildman–Crippen LogP) is 5.07. The summed E-state index contributed by atoms with van der Waals surface area (Å²) in [6, 6.07) is 18.8. The van der Waals surface area contributed by atoms with Crippen LogP contribution in [0.1, 0.15) is 15.9 Å². The lowest BCUT2D eigenvalue weighted by Gasteiger charge is -2.10. The SMILES string of the molecule is N#CC(=C(O)C(Cl)c1ccccc1)c1nc2ccccc2s1. The highest BCUT2D eigenvalue weighted by molar-refractivity contribution is 7.19. The van der Waals surface area contributed by atoms with E-state index < -0.39 is 5.38 Å². The first-order chi connectivity index (χ1) is 10.7. The van der Waals surface area contributed by atoms with Gasteiger partial charge >= 0.3 is 0 Å². The van der Waals surface area contributed by atoms with Crippen LogP contribution in [-0.4, -0.2) is 10.1 Å². The van der Waals surface area contributed by atoms with Crippen LogP contribution in [0.15, 0.2) is 60.4 Å². The Balaban J connectivity index is 2.07. The number of alkyl halides is 1. The summed E-state index contributed by atoms with van der Waals surface area (Å²) in [6.07, 6.45) is 0. The summed E-state index contributed by atoms with van der Waals surface area (Å²) >= 11 is 7.66. The maximum absolute atomic E-state index is 10.4. The van der Waals surface area contributed by atoms with Gasteiger partial charge in [-0.3, -0.25) is 0 Å². The number of benzene rings is 2. The summed E-state index contributed by atoms with van der Waals surface area (Å²) in [4.78, 5) is 4.40. The number of allylic oxidation sites excluding steroid dienone is 2. The van der Waals surface area contributed by atoms with Crippen molar-refractivity contribution in [1.29, 1.82) is 5.26 Å². The minimum Gasteiger partial charge on any atom is -0.509 e. The first-order valence-electron chi connectivity index (χ1n) is 6.59. The number of para-hydroxylation sites is 1. The van der Waals surface area contributed by atoms with E-state index in [0.717, 1.165) is 15.8 Å². The van der Waals surface area contributed by atoms with Gasteiger partial charge in [-0.2, -0.15) is 5.26 Å². The Morgan fingerprint density at radius 2 is 1.82 bits per heavy atom. The fourth-order valence-corrected chi connectivity index (χ4v) is 3.32. The molecule has 3 aromatic rings. The van der Waals surface area contributed by atoms with Crippen LogP contribution in [0.4, 0.5) is 0 Å². The second kappa shape index (κ2) is 6.18. The van der Waals surface area contributed by atoms with Crippen LogP contribution in [0, 0.1) is 11.3 Å². The smallest absolute Gasteiger partial charge is 0.138 e. The first kappa shape index (κ1) is 14.6. The van der Waals surface area contributed by atoms with Crippen molar-refractivity contribution < 1.29 is 5.11 Å². The Hall–Kier alpha value is -2.35. The molecule has 1 N–H and O–H groups in total. The van der Waals surface area contributed by atoms with E-state index in [-0.39, 0.29) is 11.3 Å². The highest BCUT2D eigenvalue weighted by Crippen LogP contribution is 2.34. The normalized spacial score (nSPS) is 13.5. The third-order valence-electron chi connectivity index (χ3n) is 3.21. The molecule has 3 nitrogen and oxygen atoms in total. The monoisotopic (exact) mass is 326 g/mol. The van der Waals surface area contributed by atoms with E-state index in [1.807, 2.05) is 48.5 Å². The number of thiazole rings is 1. The van der Waals surface area contributed by atoms with Gasteiger partial charge in [0.1, 0.15) is 27.8 Å². The molecular weight excluding hydrogens is 316 g/mol. The number of hydrogen-bond donors (Lipinski definition) is 1. The number of fused-ring (bicyclic) bond motifs is 1. The Morgan fingerprint density at radius 3 is 2.50 bits per heavy atom. The molecule has 0 aliphatic rings. The van der Waals surface area contributed by atoms with Gasteiger partial charge in [0, 0.05) is 0 Å². The van der Waals surface area contributed by atoms with Crippen molar-refractivity contribution in [3.8, 4) is 6.07 Å². The molecule has 108 valence electrons. The fourth-order valence-electron chi connectivity index (χ4n) is 2.10.